The van der Waals surface area contributed by atoms with Crippen LogP contribution in [0.15, 0.2) is 133 Å². The Morgan fingerprint density at radius 3 is 1.57 bits per heavy atom. The normalized spacial score (nSPS) is 14.5. The summed E-state index contributed by atoms with van der Waals surface area (Å²) in [5.41, 5.74) is 12.6. The van der Waals surface area contributed by atoms with E-state index in [2.05, 4.69) is 72.7 Å². The fraction of sp³-hybridized carbons (Fsp3) is 0.349. The molecule has 0 saturated carbocycles. The van der Waals surface area contributed by atoms with Crippen molar-refractivity contribution in [2.24, 2.45) is 17.6 Å². The smallest absolute Gasteiger partial charge is 0.407 e. The number of aromatic nitrogens is 1. The van der Waals surface area contributed by atoms with E-state index in [9.17, 15) is 15.0 Å². The van der Waals surface area contributed by atoms with Crippen LogP contribution in [0.3, 0.4) is 0 Å². The highest BCUT2D eigenvalue weighted by atomic mass is 32.1. The number of rotatable bonds is 17. The fourth-order valence-electron chi connectivity index (χ4n) is 6.18. The van der Waals surface area contributed by atoms with Crippen molar-refractivity contribution in [2.75, 3.05) is 0 Å². The molecule has 0 bridgehead atoms. The van der Waals surface area contributed by atoms with E-state index in [1.54, 1.807) is 11.7 Å². The number of ether oxygens (including phenoxy) is 1. The predicted molar refractivity (Wildman–Crippen MR) is 207 cm³/mol. The van der Waals surface area contributed by atoms with Crippen LogP contribution in [0.1, 0.15) is 53.8 Å². The molecule has 270 valence electrons. The third-order valence-corrected chi connectivity index (χ3v) is 9.60. The van der Waals surface area contributed by atoms with E-state index in [4.69, 9.17) is 10.5 Å². The summed E-state index contributed by atoms with van der Waals surface area (Å²) in [4.78, 5) is 17.2. The molecular formula is C43H53N3O4S. The molecule has 0 aliphatic heterocycles. The first-order valence-electron chi connectivity index (χ1n) is 17.8. The molecule has 1 amide bonds. The van der Waals surface area contributed by atoms with Gasteiger partial charge < -0.3 is 26.0 Å². The number of hydrogen-bond donors (Lipinski definition) is 4. The van der Waals surface area contributed by atoms with Crippen molar-refractivity contribution in [3.8, 4) is 0 Å². The molecule has 4 aromatic carbocycles. The number of aliphatic hydroxyl groups excluding tert-OH is 2. The maximum absolute atomic E-state index is 12.4. The molecule has 5 aromatic rings. The van der Waals surface area contributed by atoms with Gasteiger partial charge in [-0.3, -0.25) is 4.98 Å². The van der Waals surface area contributed by atoms with Crippen molar-refractivity contribution in [3.63, 3.8) is 0 Å². The third-order valence-electron chi connectivity index (χ3n) is 8.85. The summed E-state index contributed by atoms with van der Waals surface area (Å²) in [7, 11) is 0. The van der Waals surface area contributed by atoms with E-state index in [-0.39, 0.29) is 18.6 Å². The molecule has 6 atom stereocenters. The number of benzene rings is 4. The first kappa shape index (κ1) is 39.4. The Bertz CT molecular complexity index is 1630. The van der Waals surface area contributed by atoms with E-state index in [0.29, 0.717) is 18.8 Å². The molecule has 0 unspecified atom stereocenters. The van der Waals surface area contributed by atoms with Gasteiger partial charge in [0.1, 0.15) is 6.61 Å². The van der Waals surface area contributed by atoms with E-state index in [1.165, 1.54) is 28.0 Å². The van der Waals surface area contributed by atoms with Gasteiger partial charge in [-0.15, -0.1) is 11.3 Å². The number of nitrogens with one attached hydrogen (secondary N) is 1. The number of amides is 1. The lowest BCUT2D eigenvalue weighted by Gasteiger charge is -2.26. The molecule has 0 spiro atoms. The lowest BCUT2D eigenvalue weighted by Crippen LogP contribution is -2.45. The van der Waals surface area contributed by atoms with Crippen molar-refractivity contribution in [3.05, 3.63) is 160 Å². The van der Waals surface area contributed by atoms with Crippen molar-refractivity contribution in [2.45, 2.75) is 83.3 Å². The number of hydrogen-bond acceptors (Lipinski definition) is 7. The predicted octanol–water partition coefficient (Wildman–Crippen LogP) is 7.80. The number of alkyl carbamates (subject to hydrolysis) is 1. The number of carbonyl (C=O) groups excluding carboxylic acids is 1. The summed E-state index contributed by atoms with van der Waals surface area (Å²) in [6, 6.07) is 40.0. The Morgan fingerprint density at radius 2 is 1.12 bits per heavy atom. The van der Waals surface area contributed by atoms with Gasteiger partial charge in [0.05, 0.1) is 28.6 Å². The summed E-state index contributed by atoms with van der Waals surface area (Å²) >= 11 is 1.44. The minimum absolute atomic E-state index is 0.176. The van der Waals surface area contributed by atoms with Gasteiger partial charge in [-0.05, 0) is 72.6 Å². The van der Waals surface area contributed by atoms with Crippen molar-refractivity contribution < 1.29 is 19.7 Å². The van der Waals surface area contributed by atoms with Crippen LogP contribution in [0.4, 0.5) is 4.79 Å². The Balaban J connectivity index is 0.000000244. The highest BCUT2D eigenvalue weighted by Gasteiger charge is 2.25. The van der Waals surface area contributed by atoms with Gasteiger partial charge >= 0.3 is 6.09 Å². The summed E-state index contributed by atoms with van der Waals surface area (Å²) in [6.07, 6.45) is 4.46. The number of nitrogens with zero attached hydrogens (tertiary/aromatic N) is 1. The zero-order valence-electron chi connectivity index (χ0n) is 29.8. The Kier molecular flexibility index (Phi) is 16.8. The Morgan fingerprint density at radius 1 is 0.686 bits per heavy atom. The first-order valence-corrected chi connectivity index (χ1v) is 18.7. The molecule has 0 radical (unpaired) electrons. The lowest BCUT2D eigenvalue weighted by molar-refractivity contribution is 0.0873. The number of carbonyl (C=O) groups is 1. The van der Waals surface area contributed by atoms with E-state index >= 15 is 0 Å². The molecule has 1 aromatic heterocycles. The molecule has 5 N–H and O–H groups in total. The third kappa shape index (κ3) is 15.2. The van der Waals surface area contributed by atoms with Crippen LogP contribution in [0.2, 0.25) is 0 Å². The lowest BCUT2D eigenvalue weighted by atomic mass is 9.90. The molecule has 7 nitrogen and oxygen atoms in total. The SMILES string of the molecule is C[C@@H](Cc1ccccc1)C[C@H](O)[C@@H](N)Cc1ccccc1.C[C@@H](Cc1ccccc1)C[C@H](O)[C@H](Cc1ccccc1)NC(=O)OCc1cncs1. The van der Waals surface area contributed by atoms with Gasteiger partial charge in [0.2, 0.25) is 0 Å². The summed E-state index contributed by atoms with van der Waals surface area (Å²) in [6.45, 7) is 4.47. The number of aliphatic hydroxyl groups is 2. The van der Waals surface area contributed by atoms with E-state index in [1.807, 2.05) is 72.8 Å². The van der Waals surface area contributed by atoms with Crippen molar-refractivity contribution >= 4 is 17.4 Å². The maximum atomic E-state index is 12.4. The second-order valence-corrected chi connectivity index (χ2v) is 14.5. The second-order valence-electron chi connectivity index (χ2n) is 13.5. The standard InChI is InChI=1S/C24H28N2O3S.C19H25NO/c1-18(12-19-8-4-2-5-9-19)13-23(27)22(14-20-10-6-3-7-11-20)26-24(28)29-16-21-15-25-17-30-21;1-15(12-16-8-4-2-5-9-16)13-19(21)18(20)14-17-10-6-3-7-11-17/h2-11,15,17-18,22-23,27H,12-14,16H2,1H3,(H,26,28);2-11,15,18-19,21H,12-14,20H2,1H3/t18-,22-,23-;15-,18-,19-/m00/s1. The maximum Gasteiger partial charge on any atom is 0.407 e. The average molecular weight is 708 g/mol. The molecule has 0 fully saturated rings. The highest BCUT2D eigenvalue weighted by Crippen LogP contribution is 2.19. The summed E-state index contributed by atoms with van der Waals surface area (Å²) < 4.78 is 5.31. The zero-order valence-corrected chi connectivity index (χ0v) is 30.6. The van der Waals surface area contributed by atoms with Crippen LogP contribution >= 0.6 is 11.3 Å². The fourth-order valence-corrected chi connectivity index (χ4v) is 6.69. The first-order chi connectivity index (χ1) is 24.7. The highest BCUT2D eigenvalue weighted by molar-refractivity contribution is 7.09. The minimum Gasteiger partial charge on any atom is -0.444 e. The summed E-state index contributed by atoms with van der Waals surface area (Å²) in [5.74, 6) is 0.694. The molecule has 1 heterocycles. The van der Waals surface area contributed by atoms with E-state index < -0.39 is 24.3 Å². The van der Waals surface area contributed by atoms with Crippen LogP contribution in [0, 0.1) is 11.8 Å². The van der Waals surface area contributed by atoms with Crippen molar-refractivity contribution in [1.82, 2.24) is 10.3 Å². The molecule has 51 heavy (non-hydrogen) atoms. The Labute approximate surface area is 307 Å². The molecule has 5 rings (SSSR count). The quantitative estimate of drug-likeness (QED) is 0.0784. The molecule has 0 aliphatic rings. The van der Waals surface area contributed by atoms with Gasteiger partial charge in [0.25, 0.3) is 0 Å². The van der Waals surface area contributed by atoms with Gasteiger partial charge in [-0.25, -0.2) is 4.79 Å². The van der Waals surface area contributed by atoms with Crippen LogP contribution in [-0.4, -0.2) is 45.6 Å². The molecule has 8 heteroatoms. The molecule has 0 aliphatic carbocycles. The largest absolute Gasteiger partial charge is 0.444 e. The van der Waals surface area contributed by atoms with Crippen LogP contribution in [-0.2, 0) is 37.0 Å². The Hall–Kier alpha value is -4.34. The topological polar surface area (TPSA) is 118 Å². The van der Waals surface area contributed by atoms with Crippen molar-refractivity contribution in [1.29, 1.82) is 0 Å². The molecule has 0 saturated heterocycles. The van der Waals surface area contributed by atoms with Crippen LogP contribution in [0.5, 0.6) is 0 Å². The van der Waals surface area contributed by atoms with Crippen LogP contribution < -0.4 is 11.1 Å². The number of thiazole rings is 1. The van der Waals surface area contributed by atoms with Gasteiger partial charge in [-0.2, -0.15) is 0 Å². The average Bonchev–Trinajstić information content (AvgIpc) is 3.66. The molecular weight excluding hydrogens is 655 g/mol. The van der Waals surface area contributed by atoms with Gasteiger partial charge in [-0.1, -0.05) is 135 Å². The minimum atomic E-state index is -0.681. The van der Waals surface area contributed by atoms with Gasteiger partial charge in [0, 0.05) is 12.2 Å². The number of nitrogens with two attached hydrogens (primary N) is 1. The monoisotopic (exact) mass is 707 g/mol. The van der Waals surface area contributed by atoms with Crippen LogP contribution in [0.25, 0.3) is 0 Å². The van der Waals surface area contributed by atoms with E-state index in [0.717, 1.165) is 36.1 Å². The zero-order chi connectivity index (χ0) is 36.3. The summed E-state index contributed by atoms with van der Waals surface area (Å²) in [5, 5.41) is 24.1. The van der Waals surface area contributed by atoms with Gasteiger partial charge in [0.15, 0.2) is 0 Å². The second kappa shape index (κ2) is 21.8.